The zero-order chi connectivity index (χ0) is 12.3. The molecule has 0 spiro atoms. The van der Waals surface area contributed by atoms with Gasteiger partial charge >= 0.3 is 0 Å². The van der Waals surface area contributed by atoms with Crippen LogP contribution < -0.4 is 5.32 Å². The summed E-state index contributed by atoms with van der Waals surface area (Å²) in [5.74, 6) is 0. The zero-order valence-electron chi connectivity index (χ0n) is 9.63. The number of aliphatic hydroxyl groups is 2. The number of rotatable bonds is 5. The molecule has 1 fully saturated rings. The third-order valence-electron chi connectivity index (χ3n) is 2.61. The van der Waals surface area contributed by atoms with Crippen LogP contribution in [0.15, 0.2) is 11.4 Å². The molecule has 6 heteroatoms. The Morgan fingerprint density at radius 3 is 2.82 bits per heavy atom. The molecule has 96 valence electrons. The summed E-state index contributed by atoms with van der Waals surface area (Å²) in [6, 6.07) is 1.82. The Kier molecular flexibility index (Phi) is 4.49. The average Bonchev–Trinajstić information content (AvgIpc) is 2.98. The van der Waals surface area contributed by atoms with Crippen LogP contribution in [-0.4, -0.2) is 43.1 Å². The lowest BCUT2D eigenvalue weighted by molar-refractivity contribution is -0.0415. The number of nitrogens with one attached hydrogen (secondary N) is 1. The maximum absolute atomic E-state index is 9.91. The third kappa shape index (κ3) is 3.04. The van der Waals surface area contributed by atoms with Gasteiger partial charge in [-0.1, -0.05) is 0 Å². The van der Waals surface area contributed by atoms with Crippen molar-refractivity contribution in [2.24, 2.45) is 0 Å². The lowest BCUT2D eigenvalue weighted by Crippen LogP contribution is -2.29. The summed E-state index contributed by atoms with van der Waals surface area (Å²) >= 11 is 1.47. The molecule has 1 aromatic rings. The van der Waals surface area contributed by atoms with Crippen molar-refractivity contribution in [3.05, 3.63) is 21.9 Å². The van der Waals surface area contributed by atoms with Crippen molar-refractivity contribution >= 4 is 11.3 Å². The van der Waals surface area contributed by atoms with E-state index in [0.29, 0.717) is 25.3 Å². The van der Waals surface area contributed by atoms with E-state index >= 15 is 0 Å². The van der Waals surface area contributed by atoms with Gasteiger partial charge < -0.3 is 25.0 Å². The van der Waals surface area contributed by atoms with E-state index in [-0.39, 0.29) is 6.29 Å². The minimum atomic E-state index is -0.881. The Hall–Kier alpha value is -0.500. The number of likely N-dealkylation sites (N-methyl/N-ethyl adjacent to an activating group) is 1. The number of ether oxygens (including phenoxy) is 2. The smallest absolute Gasteiger partial charge is 0.193 e. The lowest BCUT2D eigenvalue weighted by atomic mass is 10.1. The first-order chi connectivity index (χ1) is 8.22. The average molecular weight is 259 g/mol. The van der Waals surface area contributed by atoms with E-state index in [4.69, 9.17) is 9.47 Å². The maximum Gasteiger partial charge on any atom is 0.193 e. The highest BCUT2D eigenvalue weighted by atomic mass is 32.1. The van der Waals surface area contributed by atoms with E-state index in [0.717, 1.165) is 4.88 Å². The van der Waals surface area contributed by atoms with Gasteiger partial charge in [-0.2, -0.15) is 0 Å². The van der Waals surface area contributed by atoms with Crippen LogP contribution in [0.2, 0.25) is 0 Å². The SMILES string of the molecule is CNCC(O)C(O)c1csc(C2OCCO2)c1. The Labute approximate surface area is 104 Å². The monoisotopic (exact) mass is 259 g/mol. The van der Waals surface area contributed by atoms with Crippen LogP contribution in [-0.2, 0) is 9.47 Å². The predicted molar refractivity (Wildman–Crippen MR) is 63.9 cm³/mol. The van der Waals surface area contributed by atoms with Crippen molar-refractivity contribution in [1.82, 2.24) is 5.32 Å². The fourth-order valence-electron chi connectivity index (χ4n) is 1.71. The van der Waals surface area contributed by atoms with Crippen LogP contribution >= 0.6 is 11.3 Å². The number of hydrogen-bond donors (Lipinski definition) is 3. The summed E-state index contributed by atoms with van der Waals surface area (Å²) in [6.45, 7) is 1.55. The Morgan fingerprint density at radius 1 is 1.47 bits per heavy atom. The molecule has 3 N–H and O–H groups in total. The molecular weight excluding hydrogens is 242 g/mol. The van der Waals surface area contributed by atoms with Crippen LogP contribution in [0.1, 0.15) is 22.8 Å². The van der Waals surface area contributed by atoms with Gasteiger partial charge in [-0.15, -0.1) is 11.3 Å². The van der Waals surface area contributed by atoms with E-state index in [2.05, 4.69) is 5.32 Å². The van der Waals surface area contributed by atoms with Crippen molar-refractivity contribution in [3.63, 3.8) is 0 Å². The highest BCUT2D eigenvalue weighted by Crippen LogP contribution is 2.31. The first-order valence-electron chi connectivity index (χ1n) is 5.54. The van der Waals surface area contributed by atoms with Gasteiger partial charge in [-0.25, -0.2) is 0 Å². The molecule has 1 aliphatic heterocycles. The fraction of sp³-hybridized carbons (Fsp3) is 0.636. The second kappa shape index (κ2) is 5.90. The lowest BCUT2D eigenvalue weighted by Gasteiger charge is -2.16. The summed E-state index contributed by atoms with van der Waals surface area (Å²) < 4.78 is 10.7. The van der Waals surface area contributed by atoms with Crippen molar-refractivity contribution in [3.8, 4) is 0 Å². The second-order valence-corrected chi connectivity index (χ2v) is 4.87. The van der Waals surface area contributed by atoms with Gasteiger partial charge in [-0.3, -0.25) is 0 Å². The van der Waals surface area contributed by atoms with Gasteiger partial charge in [0.25, 0.3) is 0 Å². The molecule has 2 unspecified atom stereocenters. The fourth-order valence-corrected chi connectivity index (χ4v) is 2.64. The highest BCUT2D eigenvalue weighted by molar-refractivity contribution is 7.10. The Balaban J connectivity index is 2.01. The molecule has 17 heavy (non-hydrogen) atoms. The van der Waals surface area contributed by atoms with Gasteiger partial charge in [0, 0.05) is 6.54 Å². The first-order valence-corrected chi connectivity index (χ1v) is 6.42. The maximum atomic E-state index is 9.91. The van der Waals surface area contributed by atoms with Crippen LogP contribution in [0.4, 0.5) is 0 Å². The molecule has 2 rings (SSSR count). The van der Waals surface area contributed by atoms with Gasteiger partial charge in [-0.05, 0) is 24.1 Å². The third-order valence-corrected chi connectivity index (χ3v) is 3.59. The van der Waals surface area contributed by atoms with Crippen LogP contribution in [0.25, 0.3) is 0 Å². The first kappa shape index (κ1) is 12.9. The van der Waals surface area contributed by atoms with E-state index in [1.165, 1.54) is 11.3 Å². The molecule has 2 atom stereocenters. The quantitative estimate of drug-likeness (QED) is 0.714. The summed E-state index contributed by atoms with van der Waals surface area (Å²) in [5, 5.41) is 24.2. The van der Waals surface area contributed by atoms with Crippen molar-refractivity contribution in [2.75, 3.05) is 26.8 Å². The summed E-state index contributed by atoms with van der Waals surface area (Å²) in [6.07, 6.45) is -2.01. The summed E-state index contributed by atoms with van der Waals surface area (Å²) in [4.78, 5) is 0.924. The van der Waals surface area contributed by atoms with E-state index < -0.39 is 12.2 Å². The Bertz CT molecular complexity index is 351. The van der Waals surface area contributed by atoms with Gasteiger partial charge in [0.05, 0.1) is 24.2 Å². The molecule has 0 saturated carbocycles. The molecule has 1 aliphatic rings. The van der Waals surface area contributed by atoms with Crippen molar-refractivity contribution < 1.29 is 19.7 Å². The molecule has 0 aliphatic carbocycles. The minimum Gasteiger partial charge on any atom is -0.389 e. The molecule has 2 heterocycles. The molecule has 1 aromatic heterocycles. The van der Waals surface area contributed by atoms with Crippen molar-refractivity contribution in [2.45, 2.75) is 18.5 Å². The molecule has 0 bridgehead atoms. The highest BCUT2D eigenvalue weighted by Gasteiger charge is 2.24. The largest absolute Gasteiger partial charge is 0.389 e. The zero-order valence-corrected chi connectivity index (χ0v) is 10.4. The van der Waals surface area contributed by atoms with E-state index in [1.807, 2.05) is 11.4 Å². The van der Waals surface area contributed by atoms with Gasteiger partial charge in [0.1, 0.15) is 6.10 Å². The number of thiophene rings is 1. The molecule has 0 radical (unpaired) electrons. The van der Waals surface area contributed by atoms with Crippen LogP contribution in [0.3, 0.4) is 0 Å². The summed E-state index contributed by atoms with van der Waals surface area (Å²) in [7, 11) is 1.73. The Morgan fingerprint density at radius 2 is 2.18 bits per heavy atom. The number of aliphatic hydroxyl groups excluding tert-OH is 2. The molecule has 0 aromatic carbocycles. The second-order valence-electron chi connectivity index (χ2n) is 3.93. The van der Waals surface area contributed by atoms with Gasteiger partial charge in [0.2, 0.25) is 0 Å². The summed E-state index contributed by atoms with van der Waals surface area (Å²) in [5.41, 5.74) is 0.701. The number of hydrogen-bond acceptors (Lipinski definition) is 6. The molecule has 0 amide bonds. The molecule has 1 saturated heterocycles. The standard InChI is InChI=1S/C11H17NO4S/c1-12-5-8(13)10(14)7-4-9(17-6-7)11-15-2-3-16-11/h4,6,8,10-14H,2-3,5H2,1H3. The van der Waals surface area contributed by atoms with Crippen LogP contribution in [0, 0.1) is 0 Å². The van der Waals surface area contributed by atoms with Crippen LogP contribution in [0.5, 0.6) is 0 Å². The molecule has 5 nitrogen and oxygen atoms in total. The molecular formula is C11H17NO4S. The van der Waals surface area contributed by atoms with Gasteiger partial charge in [0.15, 0.2) is 6.29 Å². The van der Waals surface area contributed by atoms with Crippen molar-refractivity contribution in [1.29, 1.82) is 0 Å². The topological polar surface area (TPSA) is 71.0 Å². The van der Waals surface area contributed by atoms with E-state index in [9.17, 15) is 10.2 Å². The predicted octanol–water partition coefficient (Wildman–Crippen LogP) is 0.407. The minimum absolute atomic E-state index is 0.317. The normalized spacial score (nSPS) is 20.6. The van der Waals surface area contributed by atoms with E-state index in [1.54, 1.807) is 7.05 Å².